The number of benzene rings is 2. The van der Waals surface area contributed by atoms with Crippen LogP contribution >= 0.6 is 0 Å². The van der Waals surface area contributed by atoms with Crippen LogP contribution in [-0.4, -0.2) is 5.91 Å². The molecule has 0 aliphatic carbocycles. The standard InChI is InChI=1S/C17H17NO/c1-2-8-14-9-6-7-12-16(14)13-18-17(19)15-10-4-3-5-11-15/h2-7,9-12H,1,8,13H2,(H,18,19). The van der Waals surface area contributed by atoms with E-state index in [9.17, 15) is 4.79 Å². The number of rotatable bonds is 5. The fraction of sp³-hybridized carbons (Fsp3) is 0.118. The highest BCUT2D eigenvalue weighted by molar-refractivity contribution is 5.94. The zero-order chi connectivity index (χ0) is 13.5. The van der Waals surface area contributed by atoms with Crippen molar-refractivity contribution in [2.24, 2.45) is 0 Å². The molecule has 2 rings (SSSR count). The first-order valence-electron chi connectivity index (χ1n) is 6.32. The molecular formula is C17H17NO. The number of allylic oxidation sites excluding steroid dienone is 1. The van der Waals surface area contributed by atoms with Crippen molar-refractivity contribution in [3.8, 4) is 0 Å². The van der Waals surface area contributed by atoms with Crippen LogP contribution in [0.4, 0.5) is 0 Å². The van der Waals surface area contributed by atoms with Crippen molar-refractivity contribution in [3.05, 3.63) is 83.9 Å². The van der Waals surface area contributed by atoms with E-state index in [-0.39, 0.29) is 5.91 Å². The summed E-state index contributed by atoms with van der Waals surface area (Å²) in [4.78, 5) is 12.0. The first kappa shape index (κ1) is 13.1. The van der Waals surface area contributed by atoms with E-state index >= 15 is 0 Å². The highest BCUT2D eigenvalue weighted by atomic mass is 16.1. The maximum absolute atomic E-state index is 12.0. The van der Waals surface area contributed by atoms with Gasteiger partial charge >= 0.3 is 0 Å². The maximum Gasteiger partial charge on any atom is 0.251 e. The maximum atomic E-state index is 12.0. The second-order valence-electron chi connectivity index (χ2n) is 4.31. The molecular weight excluding hydrogens is 234 g/mol. The normalized spacial score (nSPS) is 9.89. The molecule has 0 aliphatic rings. The quantitative estimate of drug-likeness (QED) is 0.811. The van der Waals surface area contributed by atoms with Crippen molar-refractivity contribution in [3.63, 3.8) is 0 Å². The van der Waals surface area contributed by atoms with Crippen LogP contribution in [-0.2, 0) is 13.0 Å². The fourth-order valence-electron chi connectivity index (χ4n) is 1.95. The van der Waals surface area contributed by atoms with E-state index in [0.717, 1.165) is 12.0 Å². The molecule has 0 spiro atoms. The van der Waals surface area contributed by atoms with Crippen LogP contribution < -0.4 is 5.32 Å². The van der Waals surface area contributed by atoms with E-state index in [2.05, 4.69) is 18.0 Å². The minimum absolute atomic E-state index is 0.0472. The summed E-state index contributed by atoms with van der Waals surface area (Å²) in [6.45, 7) is 4.29. The Balaban J connectivity index is 2.03. The molecule has 96 valence electrons. The van der Waals surface area contributed by atoms with Crippen LogP contribution in [0.3, 0.4) is 0 Å². The lowest BCUT2D eigenvalue weighted by atomic mass is 10.0. The summed E-state index contributed by atoms with van der Waals surface area (Å²) >= 11 is 0. The first-order chi connectivity index (χ1) is 9.31. The van der Waals surface area contributed by atoms with E-state index in [0.29, 0.717) is 12.1 Å². The van der Waals surface area contributed by atoms with Gasteiger partial charge in [0.05, 0.1) is 0 Å². The Morgan fingerprint density at radius 3 is 2.32 bits per heavy atom. The average molecular weight is 251 g/mol. The van der Waals surface area contributed by atoms with Crippen molar-refractivity contribution in [1.82, 2.24) is 5.32 Å². The van der Waals surface area contributed by atoms with Gasteiger partial charge in [-0.25, -0.2) is 0 Å². The minimum atomic E-state index is -0.0472. The van der Waals surface area contributed by atoms with Crippen molar-refractivity contribution in [2.75, 3.05) is 0 Å². The van der Waals surface area contributed by atoms with E-state index < -0.39 is 0 Å². The predicted octanol–water partition coefficient (Wildman–Crippen LogP) is 3.35. The highest BCUT2D eigenvalue weighted by Gasteiger charge is 2.05. The van der Waals surface area contributed by atoms with Crippen LogP contribution in [0.25, 0.3) is 0 Å². The SMILES string of the molecule is C=CCc1ccccc1CNC(=O)c1ccccc1. The number of hydrogen-bond acceptors (Lipinski definition) is 1. The van der Waals surface area contributed by atoms with Crippen LogP contribution in [0.2, 0.25) is 0 Å². The second-order valence-corrected chi connectivity index (χ2v) is 4.31. The Morgan fingerprint density at radius 2 is 1.63 bits per heavy atom. The van der Waals surface area contributed by atoms with E-state index in [1.165, 1.54) is 5.56 Å². The number of hydrogen-bond donors (Lipinski definition) is 1. The van der Waals surface area contributed by atoms with Crippen molar-refractivity contribution >= 4 is 5.91 Å². The van der Waals surface area contributed by atoms with Gasteiger partial charge in [-0.15, -0.1) is 6.58 Å². The minimum Gasteiger partial charge on any atom is -0.348 e. The van der Waals surface area contributed by atoms with Crippen LogP contribution in [0.5, 0.6) is 0 Å². The smallest absolute Gasteiger partial charge is 0.251 e. The molecule has 1 amide bonds. The third kappa shape index (κ3) is 3.55. The van der Waals surface area contributed by atoms with Gasteiger partial charge in [0.1, 0.15) is 0 Å². The Kier molecular flexibility index (Phi) is 4.51. The molecule has 1 N–H and O–H groups in total. The number of amides is 1. The van der Waals surface area contributed by atoms with E-state index in [4.69, 9.17) is 0 Å². The molecule has 0 aliphatic heterocycles. The summed E-state index contributed by atoms with van der Waals surface area (Å²) in [6.07, 6.45) is 2.69. The van der Waals surface area contributed by atoms with Crippen LogP contribution in [0.1, 0.15) is 21.5 Å². The van der Waals surface area contributed by atoms with Gasteiger partial charge in [0, 0.05) is 12.1 Å². The molecule has 0 bridgehead atoms. The lowest BCUT2D eigenvalue weighted by molar-refractivity contribution is 0.0951. The van der Waals surface area contributed by atoms with Crippen molar-refractivity contribution in [1.29, 1.82) is 0 Å². The summed E-state index contributed by atoms with van der Waals surface area (Å²) in [5.41, 5.74) is 3.02. The van der Waals surface area contributed by atoms with E-state index in [1.807, 2.05) is 54.6 Å². The van der Waals surface area contributed by atoms with Gasteiger partial charge in [0.25, 0.3) is 5.91 Å². The molecule has 19 heavy (non-hydrogen) atoms. The highest BCUT2D eigenvalue weighted by Crippen LogP contribution is 2.10. The summed E-state index contributed by atoms with van der Waals surface area (Å²) in [7, 11) is 0. The second kappa shape index (κ2) is 6.55. The Morgan fingerprint density at radius 1 is 1.00 bits per heavy atom. The number of carbonyl (C=O) groups excluding carboxylic acids is 1. The molecule has 2 aromatic carbocycles. The van der Waals surface area contributed by atoms with Gasteiger partial charge in [0.2, 0.25) is 0 Å². The molecule has 0 aromatic heterocycles. The predicted molar refractivity (Wildman–Crippen MR) is 78.0 cm³/mol. The fourth-order valence-corrected chi connectivity index (χ4v) is 1.95. The molecule has 0 radical (unpaired) electrons. The molecule has 0 unspecified atom stereocenters. The molecule has 0 saturated heterocycles. The average Bonchev–Trinajstić information content (AvgIpc) is 2.47. The molecule has 2 heteroatoms. The zero-order valence-electron chi connectivity index (χ0n) is 10.8. The molecule has 2 aromatic rings. The van der Waals surface area contributed by atoms with Crippen LogP contribution in [0, 0.1) is 0 Å². The first-order valence-corrected chi connectivity index (χ1v) is 6.32. The van der Waals surface area contributed by atoms with Gasteiger partial charge in [-0.3, -0.25) is 4.79 Å². The van der Waals surface area contributed by atoms with Gasteiger partial charge in [-0.05, 0) is 29.7 Å². The number of carbonyl (C=O) groups is 1. The topological polar surface area (TPSA) is 29.1 Å². The Labute approximate surface area is 113 Å². The summed E-state index contributed by atoms with van der Waals surface area (Å²) in [6, 6.07) is 17.3. The van der Waals surface area contributed by atoms with Gasteiger partial charge in [0.15, 0.2) is 0 Å². The molecule has 0 heterocycles. The third-order valence-electron chi connectivity index (χ3n) is 2.96. The van der Waals surface area contributed by atoms with Gasteiger partial charge < -0.3 is 5.32 Å². The molecule has 0 saturated carbocycles. The lowest BCUT2D eigenvalue weighted by Crippen LogP contribution is -2.23. The molecule has 2 nitrogen and oxygen atoms in total. The molecule has 0 atom stereocenters. The van der Waals surface area contributed by atoms with Gasteiger partial charge in [-0.2, -0.15) is 0 Å². The lowest BCUT2D eigenvalue weighted by Gasteiger charge is -2.09. The molecule has 0 fully saturated rings. The zero-order valence-corrected chi connectivity index (χ0v) is 10.8. The van der Waals surface area contributed by atoms with E-state index in [1.54, 1.807) is 0 Å². The van der Waals surface area contributed by atoms with Crippen molar-refractivity contribution < 1.29 is 4.79 Å². The largest absolute Gasteiger partial charge is 0.348 e. The monoisotopic (exact) mass is 251 g/mol. The number of nitrogens with one attached hydrogen (secondary N) is 1. The Bertz CT molecular complexity index is 560. The Hall–Kier alpha value is -2.35. The van der Waals surface area contributed by atoms with Crippen molar-refractivity contribution in [2.45, 2.75) is 13.0 Å². The summed E-state index contributed by atoms with van der Waals surface area (Å²) in [5.74, 6) is -0.0472. The van der Waals surface area contributed by atoms with Crippen LogP contribution in [0.15, 0.2) is 67.3 Å². The van der Waals surface area contributed by atoms with Gasteiger partial charge in [-0.1, -0.05) is 48.5 Å². The summed E-state index contributed by atoms with van der Waals surface area (Å²) in [5, 5.41) is 2.94. The third-order valence-corrected chi connectivity index (χ3v) is 2.96. The summed E-state index contributed by atoms with van der Waals surface area (Å²) < 4.78 is 0.